The van der Waals surface area contributed by atoms with Crippen molar-refractivity contribution in [2.24, 2.45) is 0 Å². The van der Waals surface area contributed by atoms with E-state index in [-0.39, 0.29) is 5.91 Å². The van der Waals surface area contributed by atoms with Gasteiger partial charge in [-0.2, -0.15) is 0 Å². The lowest BCUT2D eigenvalue weighted by Crippen LogP contribution is -2.49. The van der Waals surface area contributed by atoms with Crippen LogP contribution >= 0.6 is 0 Å². The van der Waals surface area contributed by atoms with Crippen LogP contribution in [0.1, 0.15) is 6.42 Å². The number of benzene rings is 1. The van der Waals surface area contributed by atoms with Crippen LogP contribution in [0.2, 0.25) is 0 Å². The van der Waals surface area contributed by atoms with Crippen molar-refractivity contribution in [3.05, 3.63) is 24.3 Å². The van der Waals surface area contributed by atoms with Crippen LogP contribution in [0.25, 0.3) is 0 Å². The van der Waals surface area contributed by atoms with E-state index in [1.54, 1.807) is 14.2 Å². The van der Waals surface area contributed by atoms with Gasteiger partial charge in [-0.3, -0.25) is 9.69 Å². The lowest BCUT2D eigenvalue weighted by atomic mass is 10.2. The first-order chi connectivity index (χ1) is 11.2. The van der Waals surface area contributed by atoms with E-state index >= 15 is 0 Å². The summed E-state index contributed by atoms with van der Waals surface area (Å²) in [7, 11) is 3.35. The molecule has 6 nitrogen and oxygen atoms in total. The molecule has 0 bridgehead atoms. The SMILES string of the molecule is COCCCNC(=O)CN1CCN(c2ccc(OC)cc2)CC1. The minimum Gasteiger partial charge on any atom is -0.497 e. The summed E-state index contributed by atoms with van der Waals surface area (Å²) in [5.41, 5.74) is 1.20. The van der Waals surface area contributed by atoms with E-state index in [0.717, 1.165) is 38.3 Å². The number of amides is 1. The highest BCUT2D eigenvalue weighted by Gasteiger charge is 2.19. The smallest absolute Gasteiger partial charge is 0.234 e. The van der Waals surface area contributed by atoms with Crippen LogP contribution in [-0.2, 0) is 9.53 Å². The summed E-state index contributed by atoms with van der Waals surface area (Å²) in [5, 5.41) is 2.93. The van der Waals surface area contributed by atoms with Gasteiger partial charge >= 0.3 is 0 Å². The predicted octanol–water partition coefficient (Wildman–Crippen LogP) is 0.970. The van der Waals surface area contributed by atoms with Crippen molar-refractivity contribution in [1.82, 2.24) is 10.2 Å². The minimum absolute atomic E-state index is 0.0963. The number of carbonyl (C=O) groups is 1. The highest BCUT2D eigenvalue weighted by molar-refractivity contribution is 5.78. The first-order valence-electron chi connectivity index (χ1n) is 8.10. The Labute approximate surface area is 138 Å². The van der Waals surface area contributed by atoms with Gasteiger partial charge in [0.05, 0.1) is 13.7 Å². The average Bonchev–Trinajstić information content (AvgIpc) is 2.59. The Morgan fingerprint density at radius 3 is 2.43 bits per heavy atom. The number of ether oxygens (including phenoxy) is 2. The Morgan fingerprint density at radius 1 is 1.13 bits per heavy atom. The van der Waals surface area contributed by atoms with Gasteiger partial charge < -0.3 is 19.7 Å². The normalized spacial score (nSPS) is 15.5. The maximum Gasteiger partial charge on any atom is 0.234 e. The van der Waals surface area contributed by atoms with Crippen LogP contribution in [0.4, 0.5) is 5.69 Å². The molecule has 2 rings (SSSR count). The number of hydrogen-bond acceptors (Lipinski definition) is 5. The molecule has 0 aliphatic carbocycles. The predicted molar refractivity (Wildman–Crippen MR) is 91.1 cm³/mol. The molecule has 0 spiro atoms. The van der Waals surface area contributed by atoms with E-state index in [0.29, 0.717) is 19.7 Å². The van der Waals surface area contributed by atoms with Crippen LogP contribution in [0, 0.1) is 0 Å². The topological polar surface area (TPSA) is 54.0 Å². The van der Waals surface area contributed by atoms with Crippen molar-refractivity contribution in [1.29, 1.82) is 0 Å². The Morgan fingerprint density at radius 2 is 1.83 bits per heavy atom. The summed E-state index contributed by atoms with van der Waals surface area (Å²) in [6.07, 6.45) is 0.855. The molecule has 0 radical (unpaired) electrons. The molecule has 1 aliphatic rings. The quantitative estimate of drug-likeness (QED) is 0.723. The highest BCUT2D eigenvalue weighted by atomic mass is 16.5. The number of methoxy groups -OCH3 is 2. The Hall–Kier alpha value is -1.79. The van der Waals surface area contributed by atoms with Crippen molar-refractivity contribution >= 4 is 11.6 Å². The van der Waals surface area contributed by atoms with Gasteiger partial charge in [-0.05, 0) is 30.7 Å². The second kappa shape index (κ2) is 9.37. The van der Waals surface area contributed by atoms with Crippen molar-refractivity contribution in [2.45, 2.75) is 6.42 Å². The van der Waals surface area contributed by atoms with Gasteiger partial charge in [-0.1, -0.05) is 0 Å². The minimum atomic E-state index is 0.0963. The molecule has 1 saturated heterocycles. The fourth-order valence-electron chi connectivity index (χ4n) is 2.66. The number of piperazine rings is 1. The molecule has 6 heteroatoms. The van der Waals surface area contributed by atoms with Crippen molar-refractivity contribution in [2.75, 3.05) is 65.0 Å². The number of nitrogens with zero attached hydrogens (tertiary/aromatic N) is 2. The first kappa shape index (κ1) is 17.6. The molecule has 1 aliphatic heterocycles. The largest absolute Gasteiger partial charge is 0.497 e. The zero-order chi connectivity index (χ0) is 16.5. The molecule has 1 amide bonds. The fraction of sp³-hybridized carbons (Fsp3) is 0.588. The van der Waals surface area contributed by atoms with E-state index in [4.69, 9.17) is 9.47 Å². The number of hydrogen-bond donors (Lipinski definition) is 1. The molecule has 1 aromatic rings. The third-order valence-corrected chi connectivity index (χ3v) is 4.02. The molecular weight excluding hydrogens is 294 g/mol. The number of anilines is 1. The molecule has 1 N–H and O–H groups in total. The zero-order valence-electron chi connectivity index (χ0n) is 14.1. The van der Waals surface area contributed by atoms with Crippen LogP contribution in [0.15, 0.2) is 24.3 Å². The maximum absolute atomic E-state index is 11.9. The third kappa shape index (κ3) is 5.73. The fourth-order valence-corrected chi connectivity index (χ4v) is 2.66. The van der Waals surface area contributed by atoms with E-state index in [1.807, 2.05) is 12.1 Å². The van der Waals surface area contributed by atoms with Crippen LogP contribution < -0.4 is 15.0 Å². The number of nitrogens with one attached hydrogen (secondary N) is 1. The Bertz CT molecular complexity index is 470. The summed E-state index contributed by atoms with van der Waals surface area (Å²) in [6.45, 7) is 5.50. The van der Waals surface area contributed by atoms with E-state index in [1.165, 1.54) is 5.69 Å². The number of carbonyl (C=O) groups excluding carboxylic acids is 1. The van der Waals surface area contributed by atoms with Crippen molar-refractivity contribution in [3.8, 4) is 5.75 Å². The molecule has 0 saturated carbocycles. The van der Waals surface area contributed by atoms with Crippen LogP contribution in [0.3, 0.4) is 0 Å². The van der Waals surface area contributed by atoms with Gasteiger partial charge in [-0.15, -0.1) is 0 Å². The van der Waals surface area contributed by atoms with Crippen LogP contribution in [0.5, 0.6) is 5.75 Å². The summed E-state index contributed by atoms with van der Waals surface area (Å²) >= 11 is 0. The maximum atomic E-state index is 11.9. The van der Waals surface area contributed by atoms with Gasteiger partial charge in [0.25, 0.3) is 0 Å². The van der Waals surface area contributed by atoms with Crippen molar-refractivity contribution < 1.29 is 14.3 Å². The van der Waals surface area contributed by atoms with E-state index in [2.05, 4.69) is 27.2 Å². The summed E-state index contributed by atoms with van der Waals surface area (Å²) in [4.78, 5) is 16.4. The van der Waals surface area contributed by atoms with E-state index in [9.17, 15) is 4.79 Å². The molecule has 0 unspecified atom stereocenters. The second-order valence-corrected chi connectivity index (χ2v) is 5.66. The molecule has 1 fully saturated rings. The van der Waals surface area contributed by atoms with Crippen molar-refractivity contribution in [3.63, 3.8) is 0 Å². The molecule has 128 valence electrons. The molecule has 0 atom stereocenters. The van der Waals surface area contributed by atoms with Gasteiger partial charge in [-0.25, -0.2) is 0 Å². The second-order valence-electron chi connectivity index (χ2n) is 5.66. The monoisotopic (exact) mass is 321 g/mol. The molecule has 0 aromatic heterocycles. The zero-order valence-corrected chi connectivity index (χ0v) is 14.1. The molecular formula is C17H27N3O3. The standard InChI is InChI=1S/C17H27N3O3/c1-22-13-3-8-18-17(21)14-19-9-11-20(12-10-19)15-4-6-16(23-2)7-5-15/h4-7H,3,8-14H2,1-2H3,(H,18,21). The Balaban J connectivity index is 1.69. The highest BCUT2D eigenvalue weighted by Crippen LogP contribution is 2.20. The average molecular weight is 321 g/mol. The number of rotatable bonds is 8. The lowest BCUT2D eigenvalue weighted by Gasteiger charge is -2.35. The van der Waals surface area contributed by atoms with Gasteiger partial charge in [0.1, 0.15) is 5.75 Å². The lowest BCUT2D eigenvalue weighted by molar-refractivity contribution is -0.122. The Kier molecular flexibility index (Phi) is 7.16. The summed E-state index contributed by atoms with van der Waals surface area (Å²) in [6, 6.07) is 8.12. The van der Waals surface area contributed by atoms with Gasteiger partial charge in [0.2, 0.25) is 5.91 Å². The summed E-state index contributed by atoms with van der Waals surface area (Å²) < 4.78 is 10.2. The van der Waals surface area contributed by atoms with Gasteiger partial charge in [0.15, 0.2) is 0 Å². The molecule has 1 heterocycles. The first-order valence-corrected chi connectivity index (χ1v) is 8.10. The van der Waals surface area contributed by atoms with Crippen LogP contribution in [-0.4, -0.2) is 70.9 Å². The van der Waals surface area contributed by atoms with E-state index < -0.39 is 0 Å². The molecule has 1 aromatic carbocycles. The molecule has 23 heavy (non-hydrogen) atoms. The summed E-state index contributed by atoms with van der Waals surface area (Å²) in [5.74, 6) is 0.969. The third-order valence-electron chi connectivity index (χ3n) is 4.02. The van der Waals surface area contributed by atoms with Gasteiger partial charge in [0, 0.05) is 52.1 Å².